The fourth-order valence-electron chi connectivity index (χ4n) is 0.941. The summed E-state index contributed by atoms with van der Waals surface area (Å²) in [7, 11) is 1.42. The second-order valence-electron chi connectivity index (χ2n) is 2.83. The van der Waals surface area contributed by atoms with E-state index in [0.717, 1.165) is 25.7 Å². The predicted octanol–water partition coefficient (Wildman–Crippen LogP) is 2.74. The van der Waals surface area contributed by atoms with Gasteiger partial charge in [0.1, 0.15) is 0 Å². The number of ether oxygens (including phenoxy) is 1. The Balaban J connectivity index is 3.15. The van der Waals surface area contributed by atoms with E-state index in [4.69, 9.17) is 11.6 Å². The van der Waals surface area contributed by atoms with E-state index < -0.39 is 0 Å². The normalized spacial score (nSPS) is 12.6. The van der Waals surface area contributed by atoms with Crippen molar-refractivity contribution in [3.63, 3.8) is 0 Å². The highest BCUT2D eigenvalue weighted by Crippen LogP contribution is 2.11. The van der Waals surface area contributed by atoms with Gasteiger partial charge < -0.3 is 4.74 Å². The molecule has 2 nitrogen and oxygen atoms in total. The Morgan fingerprint density at radius 3 is 2.67 bits per heavy atom. The maximum Gasteiger partial charge on any atom is 0.305 e. The van der Waals surface area contributed by atoms with Gasteiger partial charge in [0, 0.05) is 11.8 Å². The van der Waals surface area contributed by atoms with E-state index in [1.54, 1.807) is 0 Å². The van der Waals surface area contributed by atoms with Gasteiger partial charge in [-0.15, -0.1) is 11.6 Å². The van der Waals surface area contributed by atoms with E-state index in [9.17, 15) is 4.79 Å². The summed E-state index contributed by atoms with van der Waals surface area (Å²) in [6.07, 6.45) is 4.41. The number of unbranched alkanes of at least 4 members (excludes halogenated alkanes) is 1. The second kappa shape index (κ2) is 7.41. The zero-order valence-electron chi connectivity index (χ0n) is 7.81. The van der Waals surface area contributed by atoms with Crippen LogP contribution in [0.3, 0.4) is 0 Å². The van der Waals surface area contributed by atoms with E-state index >= 15 is 0 Å². The lowest BCUT2D eigenvalue weighted by atomic mass is 10.1. The van der Waals surface area contributed by atoms with Crippen LogP contribution in [0.15, 0.2) is 0 Å². The first-order valence-electron chi connectivity index (χ1n) is 4.41. The Bertz CT molecular complexity index is 126. The van der Waals surface area contributed by atoms with E-state index in [-0.39, 0.29) is 11.3 Å². The summed E-state index contributed by atoms with van der Waals surface area (Å²) in [6.45, 7) is 2.07. The lowest BCUT2D eigenvalue weighted by Crippen LogP contribution is -2.01. The highest BCUT2D eigenvalue weighted by Gasteiger charge is 2.02. The number of esters is 1. The minimum Gasteiger partial charge on any atom is -0.469 e. The molecule has 12 heavy (non-hydrogen) atoms. The number of carbonyl (C=O) groups excluding carboxylic acids is 1. The van der Waals surface area contributed by atoms with Crippen LogP contribution in [0.5, 0.6) is 0 Å². The molecule has 0 saturated carbocycles. The van der Waals surface area contributed by atoms with E-state index in [2.05, 4.69) is 11.7 Å². The molecule has 0 amide bonds. The van der Waals surface area contributed by atoms with Gasteiger partial charge in [-0.1, -0.05) is 13.3 Å². The van der Waals surface area contributed by atoms with Crippen molar-refractivity contribution in [2.75, 3.05) is 7.11 Å². The third kappa shape index (κ3) is 6.47. The second-order valence-corrected chi connectivity index (χ2v) is 3.44. The van der Waals surface area contributed by atoms with Crippen LogP contribution in [0.2, 0.25) is 0 Å². The standard InChI is InChI=1S/C9H17ClO2/c1-3-8(10)6-4-5-7-9(11)12-2/h8H,3-7H2,1-2H3. The van der Waals surface area contributed by atoms with Crippen LogP contribution in [-0.2, 0) is 9.53 Å². The summed E-state index contributed by atoms with van der Waals surface area (Å²) in [5, 5.41) is 0.266. The van der Waals surface area contributed by atoms with Crippen LogP contribution in [0.25, 0.3) is 0 Å². The van der Waals surface area contributed by atoms with Crippen LogP contribution in [0.1, 0.15) is 39.0 Å². The van der Waals surface area contributed by atoms with Gasteiger partial charge in [-0.3, -0.25) is 4.79 Å². The molecule has 0 aromatic carbocycles. The zero-order chi connectivity index (χ0) is 9.40. The molecular formula is C9H17ClO2. The van der Waals surface area contributed by atoms with E-state index in [1.165, 1.54) is 7.11 Å². The number of carbonyl (C=O) groups is 1. The van der Waals surface area contributed by atoms with Gasteiger partial charge in [0.25, 0.3) is 0 Å². The first kappa shape index (κ1) is 11.8. The van der Waals surface area contributed by atoms with Crippen molar-refractivity contribution in [1.29, 1.82) is 0 Å². The molecule has 3 heteroatoms. The molecule has 0 aromatic heterocycles. The lowest BCUT2D eigenvalue weighted by molar-refractivity contribution is -0.140. The quantitative estimate of drug-likeness (QED) is 0.368. The highest BCUT2D eigenvalue weighted by molar-refractivity contribution is 6.20. The van der Waals surface area contributed by atoms with Crippen LogP contribution in [-0.4, -0.2) is 18.5 Å². The van der Waals surface area contributed by atoms with Crippen molar-refractivity contribution >= 4 is 17.6 Å². The Labute approximate surface area is 79.2 Å². The summed E-state index contributed by atoms with van der Waals surface area (Å²) in [6, 6.07) is 0. The summed E-state index contributed by atoms with van der Waals surface area (Å²) < 4.78 is 4.51. The molecule has 0 aliphatic carbocycles. The first-order chi connectivity index (χ1) is 5.70. The van der Waals surface area contributed by atoms with Gasteiger partial charge in [0.15, 0.2) is 0 Å². The molecule has 0 spiro atoms. The van der Waals surface area contributed by atoms with Crippen molar-refractivity contribution in [3.05, 3.63) is 0 Å². The third-order valence-corrected chi connectivity index (χ3v) is 2.35. The lowest BCUT2D eigenvalue weighted by Gasteiger charge is -2.04. The Kier molecular flexibility index (Phi) is 7.26. The summed E-state index contributed by atoms with van der Waals surface area (Å²) >= 11 is 5.90. The number of halogens is 1. The molecule has 0 aliphatic heterocycles. The van der Waals surface area contributed by atoms with Crippen LogP contribution in [0.4, 0.5) is 0 Å². The molecule has 0 fully saturated rings. The molecule has 0 radical (unpaired) electrons. The molecule has 1 atom stereocenters. The molecule has 0 bridgehead atoms. The largest absolute Gasteiger partial charge is 0.469 e. The van der Waals surface area contributed by atoms with Gasteiger partial charge in [0.05, 0.1) is 7.11 Å². The molecule has 0 heterocycles. The molecule has 0 N–H and O–H groups in total. The third-order valence-electron chi connectivity index (χ3n) is 1.82. The minimum absolute atomic E-state index is 0.127. The number of hydrogen-bond donors (Lipinski definition) is 0. The Morgan fingerprint density at radius 1 is 1.50 bits per heavy atom. The van der Waals surface area contributed by atoms with Crippen LogP contribution < -0.4 is 0 Å². The monoisotopic (exact) mass is 192 g/mol. The molecule has 1 unspecified atom stereocenters. The molecule has 0 saturated heterocycles. The smallest absolute Gasteiger partial charge is 0.305 e. The van der Waals surface area contributed by atoms with Gasteiger partial charge in [-0.05, 0) is 19.3 Å². The average Bonchev–Trinajstić information content (AvgIpc) is 2.11. The SMILES string of the molecule is CCC(Cl)CCCCC(=O)OC. The molecule has 0 aliphatic rings. The Hall–Kier alpha value is -0.240. The molecule has 0 aromatic rings. The first-order valence-corrected chi connectivity index (χ1v) is 4.85. The van der Waals surface area contributed by atoms with E-state index in [0.29, 0.717) is 6.42 Å². The summed E-state index contributed by atoms with van der Waals surface area (Å²) in [5.74, 6) is -0.127. The zero-order valence-corrected chi connectivity index (χ0v) is 8.56. The number of methoxy groups -OCH3 is 1. The van der Waals surface area contributed by atoms with Crippen molar-refractivity contribution in [2.45, 2.75) is 44.4 Å². The maximum atomic E-state index is 10.7. The number of rotatable bonds is 6. The number of hydrogen-bond acceptors (Lipinski definition) is 2. The predicted molar refractivity (Wildman–Crippen MR) is 50.4 cm³/mol. The average molecular weight is 193 g/mol. The van der Waals surface area contributed by atoms with Crippen molar-refractivity contribution in [2.24, 2.45) is 0 Å². The maximum absolute atomic E-state index is 10.7. The minimum atomic E-state index is -0.127. The molecule has 72 valence electrons. The van der Waals surface area contributed by atoms with Crippen LogP contribution >= 0.6 is 11.6 Å². The fourth-order valence-corrected chi connectivity index (χ4v) is 1.10. The number of alkyl halides is 1. The topological polar surface area (TPSA) is 26.3 Å². The van der Waals surface area contributed by atoms with Crippen molar-refractivity contribution in [3.8, 4) is 0 Å². The Morgan fingerprint density at radius 2 is 2.17 bits per heavy atom. The molecular weight excluding hydrogens is 176 g/mol. The molecule has 0 rings (SSSR count). The van der Waals surface area contributed by atoms with Crippen molar-refractivity contribution in [1.82, 2.24) is 0 Å². The summed E-state index contributed by atoms with van der Waals surface area (Å²) in [4.78, 5) is 10.7. The summed E-state index contributed by atoms with van der Waals surface area (Å²) in [5.41, 5.74) is 0. The van der Waals surface area contributed by atoms with Crippen molar-refractivity contribution < 1.29 is 9.53 Å². The van der Waals surface area contributed by atoms with Gasteiger partial charge in [-0.25, -0.2) is 0 Å². The van der Waals surface area contributed by atoms with Gasteiger partial charge in [0.2, 0.25) is 0 Å². The highest BCUT2D eigenvalue weighted by atomic mass is 35.5. The fraction of sp³-hybridized carbons (Fsp3) is 0.889. The van der Waals surface area contributed by atoms with Gasteiger partial charge in [-0.2, -0.15) is 0 Å². The van der Waals surface area contributed by atoms with Gasteiger partial charge >= 0.3 is 5.97 Å². The van der Waals surface area contributed by atoms with E-state index in [1.807, 2.05) is 0 Å². The van der Waals surface area contributed by atoms with Crippen LogP contribution in [0, 0.1) is 0 Å².